The maximum absolute atomic E-state index is 12.9. The molecule has 27 heavy (non-hydrogen) atoms. The zero-order valence-electron chi connectivity index (χ0n) is 14.6. The molecule has 0 saturated heterocycles. The third kappa shape index (κ3) is 3.48. The number of nitrogens with zero attached hydrogens (tertiary/aromatic N) is 1. The number of hydrogen-bond acceptors (Lipinski definition) is 5. The van der Waals surface area contributed by atoms with Gasteiger partial charge in [0.15, 0.2) is 11.5 Å². The van der Waals surface area contributed by atoms with Crippen LogP contribution in [0.1, 0.15) is 22.5 Å². The first-order valence-electron chi connectivity index (χ1n) is 8.55. The number of ether oxygens (including phenoxy) is 2. The molecule has 3 aromatic rings. The Morgan fingerprint density at radius 3 is 2.70 bits per heavy atom. The van der Waals surface area contributed by atoms with E-state index in [1.165, 1.54) is 0 Å². The molecule has 0 unspecified atom stereocenters. The summed E-state index contributed by atoms with van der Waals surface area (Å²) in [6.45, 7) is 2.88. The maximum atomic E-state index is 12.9. The zero-order chi connectivity index (χ0) is 18.8. The molecule has 1 aromatic heterocycles. The van der Waals surface area contributed by atoms with Gasteiger partial charge in [0.25, 0.3) is 5.91 Å². The molecule has 0 saturated carbocycles. The second-order valence-electron chi connectivity index (χ2n) is 6.11. The first-order valence-corrected chi connectivity index (χ1v) is 8.93. The highest BCUT2D eigenvalue weighted by atomic mass is 35.5. The summed E-state index contributed by atoms with van der Waals surface area (Å²) in [5.74, 6) is 1.36. The predicted molar refractivity (Wildman–Crippen MR) is 102 cm³/mol. The average Bonchev–Trinajstić information content (AvgIpc) is 2.89. The normalized spacial score (nSPS) is 13.1. The van der Waals surface area contributed by atoms with E-state index in [2.05, 4.69) is 10.5 Å². The molecule has 1 amide bonds. The van der Waals surface area contributed by atoms with Crippen molar-refractivity contribution >= 4 is 23.2 Å². The average molecular weight is 385 g/mol. The first-order chi connectivity index (χ1) is 13.1. The molecule has 1 N–H and O–H groups in total. The van der Waals surface area contributed by atoms with Gasteiger partial charge in [-0.1, -0.05) is 35.0 Å². The van der Waals surface area contributed by atoms with Crippen LogP contribution >= 0.6 is 11.6 Å². The number of rotatable bonds is 3. The van der Waals surface area contributed by atoms with Crippen LogP contribution in [0.3, 0.4) is 0 Å². The molecular formula is C20H17ClN2O4. The Morgan fingerprint density at radius 1 is 1.11 bits per heavy atom. The van der Waals surface area contributed by atoms with Gasteiger partial charge in [-0.3, -0.25) is 4.79 Å². The smallest absolute Gasteiger partial charge is 0.261 e. The number of anilines is 1. The molecule has 0 aliphatic carbocycles. The Bertz CT molecular complexity index is 999. The van der Waals surface area contributed by atoms with Crippen LogP contribution < -0.4 is 14.8 Å². The summed E-state index contributed by atoms with van der Waals surface area (Å²) < 4.78 is 16.5. The Hall–Kier alpha value is -2.99. The minimum absolute atomic E-state index is 0.335. The van der Waals surface area contributed by atoms with Gasteiger partial charge in [0.2, 0.25) is 0 Å². The van der Waals surface area contributed by atoms with Gasteiger partial charge in [0, 0.05) is 23.7 Å². The van der Waals surface area contributed by atoms with E-state index in [4.69, 9.17) is 25.6 Å². The minimum Gasteiger partial charge on any atom is -0.490 e. The number of aryl methyl sites for hydroxylation is 1. The van der Waals surface area contributed by atoms with E-state index in [0.717, 1.165) is 6.42 Å². The van der Waals surface area contributed by atoms with Gasteiger partial charge in [-0.15, -0.1) is 0 Å². The van der Waals surface area contributed by atoms with Crippen LogP contribution in [0.25, 0.3) is 11.3 Å². The Kier molecular flexibility index (Phi) is 4.73. The number of carbonyl (C=O) groups excluding carboxylic acids is 1. The van der Waals surface area contributed by atoms with Crippen LogP contribution in [0.2, 0.25) is 5.02 Å². The first kappa shape index (κ1) is 17.4. The summed E-state index contributed by atoms with van der Waals surface area (Å²) in [5, 5.41) is 7.39. The van der Waals surface area contributed by atoms with E-state index < -0.39 is 0 Å². The van der Waals surface area contributed by atoms with Gasteiger partial charge < -0.3 is 19.3 Å². The van der Waals surface area contributed by atoms with Gasteiger partial charge in [-0.2, -0.15) is 0 Å². The second-order valence-corrected chi connectivity index (χ2v) is 6.52. The van der Waals surface area contributed by atoms with Gasteiger partial charge in [0.05, 0.1) is 18.2 Å². The van der Waals surface area contributed by atoms with Crippen molar-refractivity contribution in [3.8, 4) is 22.8 Å². The zero-order valence-corrected chi connectivity index (χ0v) is 15.4. The largest absolute Gasteiger partial charge is 0.490 e. The molecular weight excluding hydrogens is 368 g/mol. The molecule has 2 heterocycles. The van der Waals surface area contributed by atoms with E-state index in [1.807, 2.05) is 12.1 Å². The lowest BCUT2D eigenvalue weighted by Gasteiger charge is -2.11. The van der Waals surface area contributed by atoms with E-state index in [1.54, 1.807) is 37.3 Å². The molecule has 1 aliphatic rings. The molecule has 0 spiro atoms. The summed E-state index contributed by atoms with van der Waals surface area (Å²) in [5.41, 5.74) is 1.98. The number of amides is 1. The van der Waals surface area contributed by atoms with Crippen LogP contribution in [0.4, 0.5) is 5.69 Å². The van der Waals surface area contributed by atoms with Gasteiger partial charge >= 0.3 is 0 Å². The van der Waals surface area contributed by atoms with Gasteiger partial charge in [-0.05, 0) is 25.1 Å². The molecule has 1 aliphatic heterocycles. The molecule has 0 bridgehead atoms. The van der Waals surface area contributed by atoms with Crippen molar-refractivity contribution < 1.29 is 18.8 Å². The Balaban J connectivity index is 1.64. The monoisotopic (exact) mass is 384 g/mol. The molecule has 4 rings (SSSR count). The standard InChI is InChI=1S/C20H17ClN2O4/c1-12-18(19(23-27-12)14-5-2-3-6-15(14)21)20(24)22-13-7-8-16-17(11-13)26-10-4-9-25-16/h2-3,5-8,11H,4,9-10H2,1H3,(H,22,24). The lowest BCUT2D eigenvalue weighted by molar-refractivity contribution is 0.102. The highest BCUT2D eigenvalue weighted by molar-refractivity contribution is 6.33. The summed E-state index contributed by atoms with van der Waals surface area (Å²) in [4.78, 5) is 12.9. The van der Waals surface area contributed by atoms with Gasteiger partial charge in [-0.25, -0.2) is 0 Å². The number of benzene rings is 2. The Morgan fingerprint density at radius 2 is 1.89 bits per heavy atom. The molecule has 0 fully saturated rings. The fraction of sp³-hybridized carbons (Fsp3) is 0.200. The number of aromatic nitrogens is 1. The van der Waals surface area contributed by atoms with E-state index in [0.29, 0.717) is 58.0 Å². The molecule has 2 aromatic carbocycles. The predicted octanol–water partition coefficient (Wildman–Crippen LogP) is 4.72. The van der Waals surface area contributed by atoms with Crippen molar-refractivity contribution in [3.05, 3.63) is 58.8 Å². The quantitative estimate of drug-likeness (QED) is 0.707. The van der Waals surface area contributed by atoms with Gasteiger partial charge in [0.1, 0.15) is 17.0 Å². The number of halogens is 1. The number of carbonyl (C=O) groups is 1. The fourth-order valence-corrected chi connectivity index (χ4v) is 3.14. The van der Waals surface area contributed by atoms with E-state index >= 15 is 0 Å². The van der Waals surface area contributed by atoms with Crippen molar-refractivity contribution in [1.29, 1.82) is 0 Å². The number of nitrogens with one attached hydrogen (secondary N) is 1. The molecule has 0 atom stereocenters. The molecule has 138 valence electrons. The summed E-state index contributed by atoms with van der Waals surface area (Å²) in [6.07, 6.45) is 0.817. The van der Waals surface area contributed by atoms with Crippen molar-refractivity contribution in [1.82, 2.24) is 5.16 Å². The fourth-order valence-electron chi connectivity index (χ4n) is 2.91. The third-order valence-corrected chi connectivity index (χ3v) is 4.55. The molecule has 6 nitrogen and oxygen atoms in total. The Labute approximate surface area is 161 Å². The van der Waals surface area contributed by atoms with E-state index in [-0.39, 0.29) is 5.91 Å². The van der Waals surface area contributed by atoms with Crippen LogP contribution in [-0.4, -0.2) is 24.3 Å². The van der Waals surface area contributed by atoms with Crippen molar-refractivity contribution in [2.75, 3.05) is 18.5 Å². The molecule has 7 heteroatoms. The van der Waals surface area contributed by atoms with Crippen molar-refractivity contribution in [2.45, 2.75) is 13.3 Å². The van der Waals surface area contributed by atoms with Crippen LogP contribution in [-0.2, 0) is 0 Å². The van der Waals surface area contributed by atoms with Crippen molar-refractivity contribution in [2.24, 2.45) is 0 Å². The summed E-state index contributed by atoms with van der Waals surface area (Å²) >= 11 is 6.26. The van der Waals surface area contributed by atoms with Crippen LogP contribution in [0.15, 0.2) is 47.0 Å². The number of fused-ring (bicyclic) bond motifs is 1. The SMILES string of the molecule is Cc1onc(-c2ccccc2Cl)c1C(=O)Nc1ccc2c(c1)OCCCO2. The second kappa shape index (κ2) is 7.32. The summed E-state index contributed by atoms with van der Waals surface area (Å²) in [7, 11) is 0. The minimum atomic E-state index is -0.335. The topological polar surface area (TPSA) is 73.6 Å². The highest BCUT2D eigenvalue weighted by Crippen LogP contribution is 2.34. The summed E-state index contributed by atoms with van der Waals surface area (Å²) in [6, 6.07) is 12.5. The maximum Gasteiger partial charge on any atom is 0.261 e. The van der Waals surface area contributed by atoms with E-state index in [9.17, 15) is 4.79 Å². The lowest BCUT2D eigenvalue weighted by Crippen LogP contribution is -2.13. The lowest BCUT2D eigenvalue weighted by atomic mass is 10.1. The van der Waals surface area contributed by atoms with Crippen LogP contribution in [0.5, 0.6) is 11.5 Å². The third-order valence-electron chi connectivity index (χ3n) is 4.22. The van der Waals surface area contributed by atoms with Crippen molar-refractivity contribution in [3.63, 3.8) is 0 Å². The van der Waals surface area contributed by atoms with Crippen LogP contribution in [0, 0.1) is 6.92 Å². The highest BCUT2D eigenvalue weighted by Gasteiger charge is 2.23. The molecule has 0 radical (unpaired) electrons. The number of hydrogen-bond donors (Lipinski definition) is 1.